The third-order valence-corrected chi connectivity index (χ3v) is 6.90. The third-order valence-electron chi connectivity index (χ3n) is 6.49. The highest BCUT2D eigenvalue weighted by molar-refractivity contribution is 6.32. The van der Waals surface area contributed by atoms with Gasteiger partial charge in [-0.3, -0.25) is 14.5 Å². The van der Waals surface area contributed by atoms with E-state index < -0.39 is 17.1 Å². The molecule has 3 N–H and O–H groups in total. The maximum atomic E-state index is 14.8. The van der Waals surface area contributed by atoms with Crippen LogP contribution < -0.4 is 16.0 Å². The summed E-state index contributed by atoms with van der Waals surface area (Å²) in [6.45, 7) is 1.76. The van der Waals surface area contributed by atoms with Crippen molar-refractivity contribution in [1.29, 1.82) is 5.26 Å². The van der Waals surface area contributed by atoms with Crippen molar-refractivity contribution in [2.45, 2.75) is 31.6 Å². The van der Waals surface area contributed by atoms with E-state index in [1.165, 1.54) is 17.0 Å². The highest BCUT2D eigenvalue weighted by Gasteiger charge is 2.60. The first-order valence-corrected chi connectivity index (χ1v) is 10.5. The molecule has 3 aliphatic rings. The average Bonchev–Trinajstić information content (AvgIpc) is 3.05. The number of Topliss-reactive ketones (excluding diaryl/α,β-unsaturated/α-hetero) is 1. The number of carbonyl (C=O) groups excluding carboxylic acids is 2. The zero-order chi connectivity index (χ0) is 22.8. The van der Waals surface area contributed by atoms with E-state index in [9.17, 15) is 19.2 Å². The first kappa shape index (κ1) is 20.3. The number of nitriles is 1. The van der Waals surface area contributed by atoms with E-state index in [1.54, 1.807) is 31.2 Å². The minimum absolute atomic E-state index is 0.0679. The first-order chi connectivity index (χ1) is 15.3. The van der Waals surface area contributed by atoms with Gasteiger partial charge in [0.15, 0.2) is 5.78 Å². The molecular formula is C24H18ClFN4O2. The van der Waals surface area contributed by atoms with Crippen LogP contribution in [0.3, 0.4) is 0 Å². The van der Waals surface area contributed by atoms with E-state index in [0.29, 0.717) is 40.4 Å². The van der Waals surface area contributed by atoms with E-state index in [1.807, 2.05) is 0 Å². The van der Waals surface area contributed by atoms with Gasteiger partial charge in [-0.15, -0.1) is 0 Å². The number of amides is 1. The van der Waals surface area contributed by atoms with Gasteiger partial charge in [-0.05, 0) is 43.5 Å². The number of para-hydroxylation sites is 1. The molecule has 1 aliphatic carbocycles. The quantitative estimate of drug-likeness (QED) is 0.681. The van der Waals surface area contributed by atoms with Gasteiger partial charge >= 0.3 is 0 Å². The molecule has 1 spiro atoms. The minimum Gasteiger partial charge on any atom is -0.384 e. The van der Waals surface area contributed by atoms with Crippen LogP contribution in [0.5, 0.6) is 0 Å². The normalized spacial score (nSPS) is 22.1. The number of anilines is 2. The van der Waals surface area contributed by atoms with Crippen molar-refractivity contribution in [1.82, 2.24) is 0 Å². The number of allylic oxidation sites excluding steroid dienone is 1. The Bertz CT molecular complexity index is 1340. The van der Waals surface area contributed by atoms with Crippen LogP contribution in [0.4, 0.5) is 15.8 Å². The highest BCUT2D eigenvalue weighted by Crippen LogP contribution is 2.56. The van der Waals surface area contributed by atoms with Crippen LogP contribution in [-0.2, 0) is 15.0 Å². The number of hydrogen-bond donors (Lipinski definition) is 2. The molecular weight excluding hydrogens is 431 g/mol. The summed E-state index contributed by atoms with van der Waals surface area (Å²) in [5.41, 5.74) is 6.99. The Labute approximate surface area is 188 Å². The molecule has 160 valence electrons. The van der Waals surface area contributed by atoms with E-state index >= 15 is 0 Å². The predicted octanol–water partition coefficient (Wildman–Crippen LogP) is 4.20. The summed E-state index contributed by atoms with van der Waals surface area (Å²) in [5.74, 6) is -1.41. The second-order valence-electron chi connectivity index (χ2n) is 8.06. The Balaban J connectivity index is 1.91. The standard InChI is InChI=1S/C24H18ClFN4O2/c1-12-15(25)10-9-13-21(12)29-23(32)24(13)14(11-27)22(28)30(17-6-3-2-5-16(17)26)18-7-4-8-19(31)20(18)24/h2-3,5-6,9-10H,4,7-8,28H2,1H3,(H,29,32). The monoisotopic (exact) mass is 448 g/mol. The molecule has 5 rings (SSSR count). The number of fused-ring (bicyclic) bond motifs is 3. The van der Waals surface area contributed by atoms with Crippen molar-refractivity contribution in [2.24, 2.45) is 5.73 Å². The molecule has 0 radical (unpaired) electrons. The van der Waals surface area contributed by atoms with Gasteiger partial charge in [-0.1, -0.05) is 29.8 Å². The number of ketones is 1. The molecule has 6 nitrogen and oxygen atoms in total. The SMILES string of the molecule is Cc1c(Cl)ccc2c1NC(=O)C21C(C#N)=C(N)N(c2ccccc2F)C2=C1C(=O)CCC2. The molecule has 1 atom stereocenters. The molecule has 0 aromatic heterocycles. The minimum atomic E-state index is -1.70. The molecule has 0 bridgehead atoms. The number of carbonyl (C=O) groups is 2. The second kappa shape index (κ2) is 6.94. The van der Waals surface area contributed by atoms with Crippen molar-refractivity contribution >= 4 is 34.7 Å². The summed E-state index contributed by atoms with van der Waals surface area (Å²) in [7, 11) is 0. The summed E-state index contributed by atoms with van der Waals surface area (Å²) in [4.78, 5) is 28.4. The lowest BCUT2D eigenvalue weighted by Gasteiger charge is -2.43. The highest BCUT2D eigenvalue weighted by atomic mass is 35.5. The van der Waals surface area contributed by atoms with Crippen LogP contribution in [-0.4, -0.2) is 11.7 Å². The molecule has 2 aromatic carbocycles. The zero-order valence-corrected chi connectivity index (χ0v) is 17.9. The molecule has 0 fully saturated rings. The van der Waals surface area contributed by atoms with Crippen molar-refractivity contribution in [2.75, 3.05) is 10.2 Å². The molecule has 2 aromatic rings. The maximum Gasteiger partial charge on any atom is 0.245 e. The number of benzene rings is 2. The van der Waals surface area contributed by atoms with Crippen LogP contribution in [0.25, 0.3) is 0 Å². The van der Waals surface area contributed by atoms with Gasteiger partial charge in [0, 0.05) is 28.3 Å². The Morgan fingerprint density at radius 1 is 1.22 bits per heavy atom. The molecule has 0 saturated heterocycles. The van der Waals surface area contributed by atoms with Crippen molar-refractivity contribution in [3.05, 3.63) is 81.0 Å². The van der Waals surface area contributed by atoms with Gasteiger partial charge in [0.05, 0.1) is 16.9 Å². The topological polar surface area (TPSA) is 99.2 Å². The summed E-state index contributed by atoms with van der Waals surface area (Å²) in [6, 6.07) is 11.4. The fourth-order valence-electron chi connectivity index (χ4n) is 5.09. The van der Waals surface area contributed by atoms with Crippen molar-refractivity contribution < 1.29 is 14.0 Å². The fraction of sp³-hybridized carbons (Fsp3) is 0.208. The molecule has 2 heterocycles. The number of nitrogens with one attached hydrogen (secondary N) is 1. The number of halogens is 2. The van der Waals surface area contributed by atoms with Crippen LogP contribution in [0, 0.1) is 24.1 Å². The Morgan fingerprint density at radius 3 is 2.69 bits per heavy atom. The lowest BCUT2D eigenvalue weighted by Crippen LogP contribution is -2.50. The summed E-state index contributed by atoms with van der Waals surface area (Å²) >= 11 is 6.27. The lowest BCUT2D eigenvalue weighted by molar-refractivity contribution is -0.122. The van der Waals surface area contributed by atoms with Gasteiger partial charge in [-0.2, -0.15) is 5.26 Å². The van der Waals surface area contributed by atoms with Crippen LogP contribution in [0.1, 0.15) is 30.4 Å². The van der Waals surface area contributed by atoms with E-state index in [4.69, 9.17) is 17.3 Å². The Hall–Kier alpha value is -3.63. The van der Waals surface area contributed by atoms with Crippen molar-refractivity contribution in [3.63, 3.8) is 0 Å². The molecule has 8 heteroatoms. The summed E-state index contributed by atoms with van der Waals surface area (Å²) < 4.78 is 14.8. The van der Waals surface area contributed by atoms with E-state index in [0.717, 1.165) is 0 Å². The van der Waals surface area contributed by atoms with Gasteiger partial charge in [0.2, 0.25) is 5.91 Å². The van der Waals surface area contributed by atoms with Crippen LogP contribution >= 0.6 is 11.6 Å². The second-order valence-corrected chi connectivity index (χ2v) is 8.46. The Morgan fingerprint density at radius 2 is 1.97 bits per heavy atom. The number of hydrogen-bond acceptors (Lipinski definition) is 5. The molecule has 1 unspecified atom stereocenters. The molecule has 0 saturated carbocycles. The molecule has 1 amide bonds. The maximum absolute atomic E-state index is 14.8. The number of rotatable bonds is 1. The van der Waals surface area contributed by atoms with Crippen LogP contribution in [0.15, 0.2) is 59.1 Å². The van der Waals surface area contributed by atoms with Gasteiger partial charge in [0.1, 0.15) is 23.1 Å². The molecule has 2 aliphatic heterocycles. The lowest BCUT2D eigenvalue weighted by atomic mass is 9.63. The summed E-state index contributed by atoms with van der Waals surface area (Å²) in [6.07, 6.45) is 1.16. The van der Waals surface area contributed by atoms with Gasteiger partial charge in [0.25, 0.3) is 0 Å². The Kier molecular flexibility index (Phi) is 4.40. The average molecular weight is 449 g/mol. The predicted molar refractivity (Wildman–Crippen MR) is 118 cm³/mol. The molecule has 32 heavy (non-hydrogen) atoms. The largest absolute Gasteiger partial charge is 0.384 e. The van der Waals surface area contributed by atoms with E-state index in [2.05, 4.69) is 11.4 Å². The smallest absolute Gasteiger partial charge is 0.245 e. The van der Waals surface area contributed by atoms with E-state index in [-0.39, 0.29) is 34.9 Å². The third kappa shape index (κ3) is 2.38. The number of nitrogens with zero attached hydrogens (tertiary/aromatic N) is 2. The van der Waals surface area contributed by atoms with Crippen molar-refractivity contribution in [3.8, 4) is 6.07 Å². The fourth-order valence-corrected chi connectivity index (χ4v) is 5.24. The number of nitrogens with two attached hydrogens (primary N) is 1. The van der Waals surface area contributed by atoms with Gasteiger partial charge in [-0.25, -0.2) is 4.39 Å². The first-order valence-electron chi connectivity index (χ1n) is 10.2. The van der Waals surface area contributed by atoms with Gasteiger partial charge < -0.3 is 11.1 Å². The summed E-state index contributed by atoms with van der Waals surface area (Å²) in [5, 5.41) is 13.5. The zero-order valence-electron chi connectivity index (χ0n) is 17.1. The van der Waals surface area contributed by atoms with Crippen LogP contribution in [0.2, 0.25) is 5.02 Å².